The smallest absolute Gasteiger partial charge is 0.211 e. The lowest BCUT2D eigenvalue weighted by Gasteiger charge is -2.09. The summed E-state index contributed by atoms with van der Waals surface area (Å²) < 4.78 is 5.71. The van der Waals surface area contributed by atoms with E-state index >= 15 is 0 Å². The summed E-state index contributed by atoms with van der Waals surface area (Å²) in [5.74, 6) is 0.413. The van der Waals surface area contributed by atoms with Crippen molar-refractivity contribution in [1.82, 2.24) is 0 Å². The molecule has 2 aromatic rings. The lowest BCUT2D eigenvalue weighted by Crippen LogP contribution is -2.21. The van der Waals surface area contributed by atoms with E-state index in [-0.39, 0.29) is 5.96 Å². The van der Waals surface area contributed by atoms with Gasteiger partial charge in [-0.2, -0.15) is 5.10 Å². The minimum Gasteiger partial charge on any atom is -0.487 e. The summed E-state index contributed by atoms with van der Waals surface area (Å²) in [7, 11) is 0. The molecule has 2 rings (SSSR count). The molecule has 0 radical (unpaired) electrons. The zero-order valence-corrected chi connectivity index (χ0v) is 13.1. The number of nitrogens with zero attached hydrogens (tertiary/aromatic N) is 2. The van der Waals surface area contributed by atoms with Gasteiger partial charge in [0.25, 0.3) is 0 Å². The van der Waals surface area contributed by atoms with Gasteiger partial charge in [-0.3, -0.25) is 0 Å². The largest absolute Gasteiger partial charge is 0.487 e. The lowest BCUT2D eigenvalue weighted by molar-refractivity contribution is 0.306. The van der Waals surface area contributed by atoms with E-state index in [1.807, 2.05) is 18.2 Å². The van der Waals surface area contributed by atoms with E-state index in [1.165, 1.54) is 6.21 Å². The number of guanidine groups is 1. The molecule has 0 saturated carbocycles. The molecule has 5 nitrogen and oxygen atoms in total. The molecule has 0 spiro atoms. The molecule has 22 heavy (non-hydrogen) atoms. The molecular formula is C15H14Cl2N4O. The van der Waals surface area contributed by atoms with Crippen LogP contribution >= 0.6 is 23.2 Å². The Hall–Kier alpha value is -2.24. The fourth-order valence-electron chi connectivity index (χ4n) is 1.68. The Morgan fingerprint density at radius 3 is 2.64 bits per heavy atom. The minimum absolute atomic E-state index is 0.124. The summed E-state index contributed by atoms with van der Waals surface area (Å²) in [5, 5.41) is 8.34. The third-order valence-electron chi connectivity index (χ3n) is 2.65. The summed E-state index contributed by atoms with van der Waals surface area (Å²) in [5.41, 5.74) is 12.0. The fourth-order valence-corrected chi connectivity index (χ4v) is 2.13. The van der Waals surface area contributed by atoms with Crippen LogP contribution in [-0.2, 0) is 6.61 Å². The third-order valence-corrected chi connectivity index (χ3v) is 3.29. The van der Waals surface area contributed by atoms with Gasteiger partial charge in [0, 0.05) is 10.6 Å². The highest BCUT2D eigenvalue weighted by Gasteiger charge is 2.06. The SMILES string of the molecule is NC(N)=N/N=C/c1cccc(OCc2cccc(Cl)c2)c1Cl. The van der Waals surface area contributed by atoms with E-state index in [2.05, 4.69) is 10.2 Å². The van der Waals surface area contributed by atoms with Crippen molar-refractivity contribution in [3.05, 3.63) is 63.6 Å². The van der Waals surface area contributed by atoms with Crippen molar-refractivity contribution in [3.8, 4) is 5.75 Å². The van der Waals surface area contributed by atoms with Gasteiger partial charge in [-0.05, 0) is 23.8 Å². The van der Waals surface area contributed by atoms with Crippen LogP contribution in [0.25, 0.3) is 0 Å². The van der Waals surface area contributed by atoms with Crippen molar-refractivity contribution in [2.45, 2.75) is 6.61 Å². The molecule has 114 valence electrons. The standard InChI is InChI=1S/C15H14Cl2N4O/c16-12-5-1-3-10(7-12)9-22-13-6-2-4-11(14(13)17)8-20-21-15(18)19/h1-8H,9H2,(H4,18,19,21)/b20-8+. The van der Waals surface area contributed by atoms with Crippen molar-refractivity contribution in [2.75, 3.05) is 0 Å². The highest BCUT2D eigenvalue weighted by Crippen LogP contribution is 2.28. The maximum atomic E-state index is 6.27. The van der Waals surface area contributed by atoms with Gasteiger partial charge in [-0.1, -0.05) is 47.5 Å². The van der Waals surface area contributed by atoms with Crippen LogP contribution in [0.5, 0.6) is 5.75 Å². The van der Waals surface area contributed by atoms with Crippen LogP contribution in [0.2, 0.25) is 10.0 Å². The Bertz CT molecular complexity index is 712. The molecular weight excluding hydrogens is 323 g/mol. The van der Waals surface area contributed by atoms with Crippen LogP contribution < -0.4 is 16.2 Å². The Labute approximate surface area is 138 Å². The Kier molecular flexibility index (Phi) is 5.63. The molecule has 7 heteroatoms. The number of halogens is 2. The van der Waals surface area contributed by atoms with E-state index < -0.39 is 0 Å². The first-order valence-corrected chi connectivity index (χ1v) is 7.09. The van der Waals surface area contributed by atoms with Gasteiger partial charge < -0.3 is 16.2 Å². The van der Waals surface area contributed by atoms with Gasteiger partial charge in [0.05, 0.1) is 11.2 Å². The highest BCUT2D eigenvalue weighted by molar-refractivity contribution is 6.34. The summed E-state index contributed by atoms with van der Waals surface area (Å²) in [6.45, 7) is 0.356. The maximum Gasteiger partial charge on any atom is 0.211 e. The third kappa shape index (κ3) is 4.65. The van der Waals surface area contributed by atoms with E-state index in [9.17, 15) is 0 Å². The average Bonchev–Trinajstić information content (AvgIpc) is 2.47. The number of nitrogens with two attached hydrogens (primary N) is 2. The zero-order chi connectivity index (χ0) is 15.9. The first kappa shape index (κ1) is 16.1. The van der Waals surface area contributed by atoms with Crippen molar-refractivity contribution >= 4 is 35.4 Å². The predicted octanol–water partition coefficient (Wildman–Crippen LogP) is 3.18. The lowest BCUT2D eigenvalue weighted by atomic mass is 10.2. The maximum absolute atomic E-state index is 6.27. The van der Waals surface area contributed by atoms with Crippen molar-refractivity contribution in [2.24, 2.45) is 21.7 Å². The van der Waals surface area contributed by atoms with E-state index in [1.54, 1.807) is 24.3 Å². The molecule has 0 amide bonds. The fraction of sp³-hybridized carbons (Fsp3) is 0.0667. The molecule has 0 aliphatic carbocycles. The monoisotopic (exact) mass is 336 g/mol. The molecule has 0 fully saturated rings. The Balaban J connectivity index is 2.12. The molecule has 0 aliphatic heterocycles. The number of hydrogen-bond acceptors (Lipinski definition) is 3. The van der Waals surface area contributed by atoms with Crippen LogP contribution in [0.1, 0.15) is 11.1 Å². The molecule has 0 saturated heterocycles. The molecule has 0 aromatic heterocycles. The van der Waals surface area contributed by atoms with Gasteiger partial charge in [-0.25, -0.2) is 0 Å². The summed E-state index contributed by atoms with van der Waals surface area (Å²) in [6, 6.07) is 12.8. The van der Waals surface area contributed by atoms with Gasteiger partial charge in [0.15, 0.2) is 0 Å². The number of benzene rings is 2. The topological polar surface area (TPSA) is 86.0 Å². The first-order chi connectivity index (χ1) is 10.6. The number of ether oxygens (including phenoxy) is 1. The van der Waals surface area contributed by atoms with Gasteiger partial charge in [0.1, 0.15) is 12.4 Å². The minimum atomic E-state index is -0.124. The average molecular weight is 337 g/mol. The molecule has 0 bridgehead atoms. The second kappa shape index (κ2) is 7.68. The predicted molar refractivity (Wildman–Crippen MR) is 90.6 cm³/mol. The second-order valence-corrected chi connectivity index (χ2v) is 5.16. The van der Waals surface area contributed by atoms with Crippen LogP contribution in [0, 0.1) is 0 Å². The molecule has 0 aliphatic rings. The number of hydrogen-bond donors (Lipinski definition) is 2. The first-order valence-electron chi connectivity index (χ1n) is 6.34. The van der Waals surface area contributed by atoms with Gasteiger partial charge >= 0.3 is 0 Å². The second-order valence-electron chi connectivity index (χ2n) is 4.35. The van der Waals surface area contributed by atoms with Crippen LogP contribution in [0.15, 0.2) is 52.7 Å². The molecule has 0 heterocycles. The quantitative estimate of drug-likeness (QED) is 0.499. The molecule has 0 atom stereocenters. The highest BCUT2D eigenvalue weighted by atomic mass is 35.5. The zero-order valence-electron chi connectivity index (χ0n) is 11.5. The summed E-state index contributed by atoms with van der Waals surface area (Å²) in [6.07, 6.45) is 1.45. The van der Waals surface area contributed by atoms with Crippen molar-refractivity contribution < 1.29 is 4.74 Å². The van der Waals surface area contributed by atoms with Crippen LogP contribution in [0.4, 0.5) is 0 Å². The Morgan fingerprint density at radius 2 is 1.91 bits per heavy atom. The normalized spacial score (nSPS) is 10.6. The van der Waals surface area contributed by atoms with Crippen molar-refractivity contribution in [3.63, 3.8) is 0 Å². The van der Waals surface area contributed by atoms with Gasteiger partial charge in [0.2, 0.25) is 5.96 Å². The van der Waals surface area contributed by atoms with Crippen molar-refractivity contribution in [1.29, 1.82) is 0 Å². The Morgan fingerprint density at radius 1 is 1.14 bits per heavy atom. The van der Waals surface area contributed by atoms with E-state index in [4.69, 9.17) is 39.4 Å². The van der Waals surface area contributed by atoms with Crippen LogP contribution in [0.3, 0.4) is 0 Å². The van der Waals surface area contributed by atoms with Crippen LogP contribution in [-0.4, -0.2) is 12.2 Å². The van der Waals surface area contributed by atoms with E-state index in [0.29, 0.717) is 28.0 Å². The number of rotatable bonds is 5. The van der Waals surface area contributed by atoms with E-state index in [0.717, 1.165) is 5.56 Å². The summed E-state index contributed by atoms with van der Waals surface area (Å²) in [4.78, 5) is 0. The molecule has 4 N–H and O–H groups in total. The summed E-state index contributed by atoms with van der Waals surface area (Å²) >= 11 is 12.2. The molecule has 2 aromatic carbocycles. The van der Waals surface area contributed by atoms with Gasteiger partial charge in [-0.15, -0.1) is 5.10 Å². The molecule has 0 unspecified atom stereocenters.